The molecule has 0 saturated heterocycles. The fraction of sp³-hybridized carbons (Fsp3) is 0.333. The average molecular weight is 254 g/mol. The third kappa shape index (κ3) is 3.60. The fourth-order valence-electron chi connectivity index (χ4n) is 0.838. The van der Waals surface area contributed by atoms with Gasteiger partial charge in [-0.3, -0.25) is 0 Å². The summed E-state index contributed by atoms with van der Waals surface area (Å²) in [7, 11) is 0. The molecule has 0 aliphatic rings. The van der Waals surface area contributed by atoms with Crippen LogP contribution in [0.2, 0.25) is 0 Å². The largest absolute Gasteiger partial charge is 1.00 e. The predicted molar refractivity (Wildman–Crippen MR) is 41.6 cm³/mol. The molecule has 0 bridgehead atoms. The van der Waals surface area contributed by atoms with Crippen LogP contribution in [-0.4, -0.2) is 0 Å². The first-order valence-electron chi connectivity index (χ1n) is 3.35. The van der Waals surface area contributed by atoms with E-state index in [9.17, 15) is 0 Å². The molecule has 0 aliphatic heterocycles. The first kappa shape index (κ1) is 11.3. The van der Waals surface area contributed by atoms with Gasteiger partial charge in [-0.15, -0.1) is 0 Å². The molecule has 0 aliphatic carbocycles. The van der Waals surface area contributed by atoms with Gasteiger partial charge in [0, 0.05) is 0 Å². The van der Waals surface area contributed by atoms with Crippen molar-refractivity contribution in [3.8, 4) is 0 Å². The summed E-state index contributed by atoms with van der Waals surface area (Å²) in [5.41, 5.74) is 1.41. The Labute approximate surface area is 123 Å². The van der Waals surface area contributed by atoms with Crippen LogP contribution in [0.3, 0.4) is 0 Å². The SMILES string of the molecule is CC(C)c1ccccc1.[Cs+].[H-]. The van der Waals surface area contributed by atoms with Crippen LogP contribution in [0.4, 0.5) is 0 Å². The summed E-state index contributed by atoms with van der Waals surface area (Å²) < 4.78 is 0. The van der Waals surface area contributed by atoms with Crippen LogP contribution in [-0.2, 0) is 0 Å². The van der Waals surface area contributed by atoms with Crippen LogP contribution in [0.25, 0.3) is 0 Å². The van der Waals surface area contributed by atoms with Crippen molar-refractivity contribution in [1.82, 2.24) is 0 Å². The van der Waals surface area contributed by atoms with Crippen LogP contribution in [0.5, 0.6) is 0 Å². The molecule has 0 fully saturated rings. The molecule has 0 radical (unpaired) electrons. The quantitative estimate of drug-likeness (QED) is 0.658. The van der Waals surface area contributed by atoms with Gasteiger partial charge in [0.05, 0.1) is 0 Å². The van der Waals surface area contributed by atoms with Gasteiger partial charge in [-0.25, -0.2) is 0 Å². The zero-order valence-corrected chi connectivity index (χ0v) is 13.2. The zero-order valence-electron chi connectivity index (χ0n) is 7.96. The van der Waals surface area contributed by atoms with Crippen molar-refractivity contribution in [3.05, 3.63) is 35.9 Å². The number of hydrogen-bond acceptors (Lipinski definition) is 0. The molecule has 50 valence electrons. The van der Waals surface area contributed by atoms with Crippen molar-refractivity contribution in [2.75, 3.05) is 0 Å². The van der Waals surface area contributed by atoms with E-state index < -0.39 is 0 Å². The van der Waals surface area contributed by atoms with E-state index in [2.05, 4.69) is 38.1 Å². The monoisotopic (exact) mass is 254 g/mol. The van der Waals surface area contributed by atoms with Gasteiger partial charge < -0.3 is 1.43 Å². The molecular formula is C9H13Cs. The minimum Gasteiger partial charge on any atom is -1.00 e. The third-order valence-corrected chi connectivity index (χ3v) is 1.47. The van der Waals surface area contributed by atoms with E-state index in [1.54, 1.807) is 0 Å². The maximum atomic E-state index is 2.20. The summed E-state index contributed by atoms with van der Waals surface area (Å²) in [5, 5.41) is 0. The van der Waals surface area contributed by atoms with Crippen LogP contribution >= 0.6 is 0 Å². The summed E-state index contributed by atoms with van der Waals surface area (Å²) in [4.78, 5) is 0. The Morgan fingerprint density at radius 3 is 1.90 bits per heavy atom. The summed E-state index contributed by atoms with van der Waals surface area (Å²) in [5.74, 6) is 0.659. The van der Waals surface area contributed by atoms with Gasteiger partial charge in [-0.2, -0.15) is 0 Å². The summed E-state index contributed by atoms with van der Waals surface area (Å²) >= 11 is 0. The van der Waals surface area contributed by atoms with E-state index in [-0.39, 0.29) is 70.3 Å². The van der Waals surface area contributed by atoms with Crippen molar-refractivity contribution < 1.29 is 70.3 Å². The normalized spacial score (nSPS) is 9.10. The Hall–Kier alpha value is 1.27. The van der Waals surface area contributed by atoms with E-state index in [0.29, 0.717) is 5.92 Å². The molecule has 1 heteroatoms. The molecule has 0 heterocycles. The standard InChI is InChI=1S/C9H12.Cs.H/c1-8(2)9-6-4-3-5-7-9;;/h3-8H,1-2H3;;/q;+1;-1. The van der Waals surface area contributed by atoms with Crippen molar-refractivity contribution in [2.45, 2.75) is 19.8 Å². The van der Waals surface area contributed by atoms with Gasteiger partial charge in [0.1, 0.15) is 0 Å². The van der Waals surface area contributed by atoms with Crippen LogP contribution < -0.4 is 68.9 Å². The predicted octanol–water partition coefficient (Wildman–Crippen LogP) is -0.0735. The number of hydrogen-bond donors (Lipinski definition) is 0. The van der Waals surface area contributed by atoms with Crippen LogP contribution in [0.1, 0.15) is 26.8 Å². The Morgan fingerprint density at radius 1 is 1.10 bits per heavy atom. The molecule has 0 saturated carbocycles. The average Bonchev–Trinajstić information content (AvgIpc) is 1.90. The summed E-state index contributed by atoms with van der Waals surface area (Å²) in [6.45, 7) is 4.41. The Kier molecular flexibility index (Phi) is 6.61. The topological polar surface area (TPSA) is 0 Å². The van der Waals surface area contributed by atoms with E-state index in [4.69, 9.17) is 0 Å². The molecule has 0 nitrogen and oxygen atoms in total. The maximum Gasteiger partial charge on any atom is 1.00 e. The molecular weight excluding hydrogens is 241 g/mol. The molecule has 1 aromatic rings. The van der Waals surface area contributed by atoms with Gasteiger partial charge in [-0.1, -0.05) is 44.2 Å². The Morgan fingerprint density at radius 2 is 1.60 bits per heavy atom. The van der Waals surface area contributed by atoms with Crippen molar-refractivity contribution >= 4 is 0 Å². The molecule has 0 N–H and O–H groups in total. The second-order valence-electron chi connectivity index (χ2n) is 2.57. The molecule has 1 aromatic carbocycles. The maximum absolute atomic E-state index is 2.20. The Balaban J connectivity index is 0. The van der Waals surface area contributed by atoms with E-state index in [0.717, 1.165) is 0 Å². The summed E-state index contributed by atoms with van der Waals surface area (Å²) in [6, 6.07) is 10.5. The van der Waals surface area contributed by atoms with Gasteiger partial charge in [-0.05, 0) is 11.5 Å². The van der Waals surface area contributed by atoms with Crippen molar-refractivity contribution in [1.29, 1.82) is 0 Å². The number of rotatable bonds is 1. The van der Waals surface area contributed by atoms with Crippen molar-refractivity contribution in [2.24, 2.45) is 0 Å². The molecule has 0 aromatic heterocycles. The van der Waals surface area contributed by atoms with E-state index >= 15 is 0 Å². The molecule has 0 amide bonds. The van der Waals surface area contributed by atoms with Crippen LogP contribution in [0.15, 0.2) is 30.3 Å². The first-order valence-corrected chi connectivity index (χ1v) is 3.35. The van der Waals surface area contributed by atoms with Gasteiger partial charge in [0.25, 0.3) is 0 Å². The van der Waals surface area contributed by atoms with E-state index in [1.165, 1.54) is 5.56 Å². The smallest absolute Gasteiger partial charge is 1.00 e. The van der Waals surface area contributed by atoms with Crippen LogP contribution in [0, 0.1) is 0 Å². The number of benzene rings is 1. The molecule has 0 atom stereocenters. The fourth-order valence-corrected chi connectivity index (χ4v) is 0.838. The van der Waals surface area contributed by atoms with Gasteiger partial charge in [0.2, 0.25) is 0 Å². The third-order valence-electron chi connectivity index (χ3n) is 1.47. The molecule has 10 heavy (non-hydrogen) atoms. The molecule has 0 spiro atoms. The second-order valence-corrected chi connectivity index (χ2v) is 2.57. The van der Waals surface area contributed by atoms with Gasteiger partial charge >= 0.3 is 68.9 Å². The molecule has 1 rings (SSSR count). The minimum absolute atomic E-state index is 0. The zero-order chi connectivity index (χ0) is 6.69. The summed E-state index contributed by atoms with van der Waals surface area (Å²) in [6.07, 6.45) is 0. The minimum atomic E-state index is 0. The Bertz CT molecular complexity index is 172. The first-order chi connectivity index (χ1) is 4.30. The molecule has 0 unspecified atom stereocenters. The van der Waals surface area contributed by atoms with E-state index in [1.807, 2.05) is 6.07 Å². The van der Waals surface area contributed by atoms with Gasteiger partial charge in [0.15, 0.2) is 0 Å². The second kappa shape index (κ2) is 5.86. The van der Waals surface area contributed by atoms with Crippen molar-refractivity contribution in [3.63, 3.8) is 0 Å².